The van der Waals surface area contributed by atoms with E-state index in [0.717, 1.165) is 50.9 Å². The maximum absolute atomic E-state index is 13.3. The summed E-state index contributed by atoms with van der Waals surface area (Å²) in [6.45, 7) is 1.88. The Bertz CT molecular complexity index is 1470. The summed E-state index contributed by atoms with van der Waals surface area (Å²) in [6.07, 6.45) is 6.93. The van der Waals surface area contributed by atoms with Gasteiger partial charge in [0.15, 0.2) is 11.5 Å². The lowest BCUT2D eigenvalue weighted by Gasteiger charge is -2.18. The molecule has 0 atom stereocenters. The lowest BCUT2D eigenvalue weighted by atomic mass is 10.0. The van der Waals surface area contributed by atoms with Gasteiger partial charge in [0.2, 0.25) is 11.8 Å². The largest absolute Gasteiger partial charge is 0.474 e. The second-order valence-corrected chi connectivity index (χ2v) is 9.31. The molecular weight excluding hydrogens is 430 g/mol. The molecule has 172 valence electrons. The molecule has 2 N–H and O–H groups in total. The Kier molecular flexibility index (Phi) is 4.45. The summed E-state index contributed by atoms with van der Waals surface area (Å²) in [4.78, 5) is 27.2. The van der Waals surface area contributed by atoms with Crippen molar-refractivity contribution < 1.29 is 4.74 Å². The van der Waals surface area contributed by atoms with Crippen LogP contribution >= 0.6 is 0 Å². The van der Waals surface area contributed by atoms with Crippen LogP contribution in [0.25, 0.3) is 16.9 Å². The molecule has 0 radical (unpaired) electrons. The maximum atomic E-state index is 13.3. The van der Waals surface area contributed by atoms with E-state index in [9.17, 15) is 4.79 Å². The van der Waals surface area contributed by atoms with Crippen LogP contribution in [0.5, 0.6) is 5.88 Å². The molecule has 2 saturated carbocycles. The van der Waals surface area contributed by atoms with Crippen LogP contribution in [0.4, 0.5) is 11.6 Å². The zero-order chi connectivity index (χ0) is 22.6. The lowest BCUT2D eigenvalue weighted by Crippen LogP contribution is -2.23. The van der Waals surface area contributed by atoms with Crippen LogP contribution in [0, 0.1) is 0 Å². The number of rotatable bonds is 6. The molecule has 2 aliphatic carbocycles. The minimum atomic E-state index is -0.0827. The average molecular weight is 456 g/mol. The van der Waals surface area contributed by atoms with E-state index in [1.54, 1.807) is 10.9 Å². The molecule has 4 aromatic rings. The highest BCUT2D eigenvalue weighted by molar-refractivity contribution is 5.77. The topological polar surface area (TPSA) is 98.9 Å². The van der Waals surface area contributed by atoms with E-state index in [2.05, 4.69) is 27.8 Å². The van der Waals surface area contributed by atoms with Crippen molar-refractivity contribution in [1.82, 2.24) is 29.6 Å². The zero-order valence-corrected chi connectivity index (χ0v) is 18.7. The molecule has 3 aromatic heterocycles. The molecule has 4 heterocycles. The van der Waals surface area contributed by atoms with Gasteiger partial charge in [0.1, 0.15) is 11.5 Å². The van der Waals surface area contributed by atoms with Crippen molar-refractivity contribution in [2.45, 2.75) is 50.8 Å². The smallest absolute Gasteiger partial charge is 0.278 e. The minimum Gasteiger partial charge on any atom is -0.474 e. The van der Waals surface area contributed by atoms with E-state index < -0.39 is 0 Å². The van der Waals surface area contributed by atoms with Crippen molar-refractivity contribution in [1.29, 1.82) is 0 Å². The SMILES string of the molecule is O=c1c2cnc(Nc3ccc4c(c3)CCNC4)nc2n(-c2cccc(OC3CC3)n2)n1C1CC1. The van der Waals surface area contributed by atoms with E-state index in [0.29, 0.717) is 28.7 Å². The molecular formula is C25H25N7O2. The van der Waals surface area contributed by atoms with Gasteiger partial charge in [-0.05, 0) is 68.0 Å². The van der Waals surface area contributed by atoms with Gasteiger partial charge in [0.05, 0.1) is 6.04 Å². The monoisotopic (exact) mass is 455 g/mol. The van der Waals surface area contributed by atoms with Crippen LogP contribution in [-0.4, -0.2) is 37.0 Å². The number of anilines is 2. The summed E-state index contributed by atoms with van der Waals surface area (Å²) in [7, 11) is 0. The highest BCUT2D eigenvalue weighted by Gasteiger charge is 2.31. The molecule has 7 rings (SSSR count). The Morgan fingerprint density at radius 1 is 1.06 bits per heavy atom. The highest BCUT2D eigenvalue weighted by atomic mass is 16.5. The number of fused-ring (bicyclic) bond motifs is 2. The molecule has 9 heteroatoms. The molecule has 0 unspecified atom stereocenters. The fraction of sp³-hybridized carbons (Fsp3) is 0.360. The Labute approximate surface area is 195 Å². The van der Waals surface area contributed by atoms with Crippen LogP contribution in [0.2, 0.25) is 0 Å². The van der Waals surface area contributed by atoms with E-state index in [4.69, 9.17) is 14.7 Å². The van der Waals surface area contributed by atoms with Crippen molar-refractivity contribution in [2.24, 2.45) is 0 Å². The second-order valence-electron chi connectivity index (χ2n) is 9.31. The molecule has 3 aliphatic rings. The molecule has 0 bridgehead atoms. The Hall–Kier alpha value is -3.72. The Morgan fingerprint density at radius 3 is 2.82 bits per heavy atom. The van der Waals surface area contributed by atoms with Crippen LogP contribution in [0.3, 0.4) is 0 Å². The quantitative estimate of drug-likeness (QED) is 0.460. The summed E-state index contributed by atoms with van der Waals surface area (Å²) < 4.78 is 9.52. The van der Waals surface area contributed by atoms with Crippen molar-refractivity contribution >= 4 is 22.7 Å². The van der Waals surface area contributed by atoms with Crippen molar-refractivity contribution in [3.05, 3.63) is 64.1 Å². The molecule has 2 fully saturated rings. The van der Waals surface area contributed by atoms with Gasteiger partial charge in [-0.3, -0.25) is 4.79 Å². The first kappa shape index (κ1) is 19.7. The van der Waals surface area contributed by atoms with E-state index in [-0.39, 0.29) is 17.7 Å². The molecule has 34 heavy (non-hydrogen) atoms. The molecule has 0 amide bonds. The first-order chi connectivity index (χ1) is 16.7. The third-order valence-corrected chi connectivity index (χ3v) is 6.60. The number of hydrogen-bond acceptors (Lipinski definition) is 7. The first-order valence-corrected chi connectivity index (χ1v) is 12.0. The van der Waals surface area contributed by atoms with Gasteiger partial charge >= 0.3 is 0 Å². The Morgan fingerprint density at radius 2 is 1.97 bits per heavy atom. The third-order valence-electron chi connectivity index (χ3n) is 6.60. The predicted molar refractivity (Wildman–Crippen MR) is 128 cm³/mol. The molecule has 1 aromatic carbocycles. The van der Waals surface area contributed by atoms with Crippen LogP contribution in [0.1, 0.15) is 42.9 Å². The van der Waals surface area contributed by atoms with Crippen LogP contribution < -0.4 is 20.9 Å². The molecule has 0 saturated heterocycles. The number of nitrogens with zero attached hydrogens (tertiary/aromatic N) is 5. The fourth-order valence-corrected chi connectivity index (χ4v) is 4.56. The summed E-state index contributed by atoms with van der Waals surface area (Å²) in [5, 5.41) is 7.22. The summed E-state index contributed by atoms with van der Waals surface area (Å²) in [6, 6.07) is 12.2. The van der Waals surface area contributed by atoms with Gasteiger partial charge in [-0.15, -0.1) is 0 Å². The number of benzene rings is 1. The number of aromatic nitrogens is 5. The maximum Gasteiger partial charge on any atom is 0.278 e. The molecule has 1 aliphatic heterocycles. The van der Waals surface area contributed by atoms with Crippen LogP contribution in [0.15, 0.2) is 47.4 Å². The summed E-state index contributed by atoms with van der Waals surface area (Å²) >= 11 is 0. The first-order valence-electron chi connectivity index (χ1n) is 12.0. The fourth-order valence-electron chi connectivity index (χ4n) is 4.56. The van der Waals surface area contributed by atoms with Crippen molar-refractivity contribution in [3.8, 4) is 11.7 Å². The van der Waals surface area contributed by atoms with E-state index in [1.807, 2.05) is 28.9 Å². The van der Waals surface area contributed by atoms with E-state index >= 15 is 0 Å². The van der Waals surface area contributed by atoms with Gasteiger partial charge in [-0.1, -0.05) is 12.1 Å². The van der Waals surface area contributed by atoms with Crippen molar-refractivity contribution in [3.63, 3.8) is 0 Å². The van der Waals surface area contributed by atoms with Gasteiger partial charge < -0.3 is 15.4 Å². The Balaban J connectivity index is 1.31. The van der Waals surface area contributed by atoms with E-state index in [1.165, 1.54) is 11.1 Å². The minimum absolute atomic E-state index is 0.0827. The van der Waals surface area contributed by atoms with Crippen molar-refractivity contribution in [2.75, 3.05) is 11.9 Å². The highest BCUT2D eigenvalue weighted by Crippen LogP contribution is 2.36. The van der Waals surface area contributed by atoms with Gasteiger partial charge in [0.25, 0.3) is 5.56 Å². The molecule has 0 spiro atoms. The number of nitrogens with one attached hydrogen (secondary N) is 2. The van der Waals surface area contributed by atoms with Gasteiger partial charge in [0, 0.05) is 24.5 Å². The second kappa shape index (κ2) is 7.66. The number of hydrogen-bond donors (Lipinski definition) is 2. The molecule has 9 nitrogen and oxygen atoms in total. The third kappa shape index (κ3) is 3.52. The predicted octanol–water partition coefficient (Wildman–Crippen LogP) is 3.24. The van der Waals surface area contributed by atoms with Crippen LogP contribution in [-0.2, 0) is 13.0 Å². The average Bonchev–Trinajstić information content (AvgIpc) is 3.79. The standard InChI is InChI=1S/C25H25N7O2/c33-24-20-14-27-25(28-17-5-4-16-13-26-11-10-15(16)12-17)30-23(20)32(31(24)18-6-7-18)21-2-1-3-22(29-21)34-19-8-9-19/h1-5,12,14,18-19,26H,6-11,13H2,(H,27,28,30). The summed E-state index contributed by atoms with van der Waals surface area (Å²) in [5.41, 5.74) is 4.06. The zero-order valence-electron chi connectivity index (χ0n) is 18.7. The number of pyridine rings is 1. The van der Waals surface area contributed by atoms with Gasteiger partial charge in [-0.25, -0.2) is 14.3 Å². The van der Waals surface area contributed by atoms with Gasteiger partial charge in [-0.2, -0.15) is 9.97 Å². The summed E-state index contributed by atoms with van der Waals surface area (Å²) in [5.74, 6) is 1.66. The number of ether oxygens (including phenoxy) is 1. The normalized spacial score (nSPS) is 17.5. The lowest BCUT2D eigenvalue weighted by molar-refractivity contribution is 0.290.